The lowest BCUT2D eigenvalue weighted by atomic mass is 10.1. The van der Waals surface area contributed by atoms with E-state index in [1.807, 2.05) is 6.92 Å². The summed E-state index contributed by atoms with van der Waals surface area (Å²) >= 11 is 11.9. The first kappa shape index (κ1) is 15.7. The fourth-order valence-electron chi connectivity index (χ4n) is 1.39. The number of hydrogen-bond acceptors (Lipinski definition) is 4. The Balaban J connectivity index is 3.11. The van der Waals surface area contributed by atoms with E-state index < -0.39 is 11.0 Å². The Morgan fingerprint density at radius 3 is 2.72 bits per heavy atom. The Morgan fingerprint density at radius 1 is 1.61 bits per heavy atom. The van der Waals surface area contributed by atoms with Gasteiger partial charge < -0.3 is 10.4 Å². The minimum absolute atomic E-state index is 0.0523. The van der Waals surface area contributed by atoms with Crippen molar-refractivity contribution in [2.24, 2.45) is 0 Å². The van der Waals surface area contributed by atoms with Crippen LogP contribution in [0.1, 0.15) is 5.56 Å². The Kier molecular flexibility index (Phi) is 5.84. The zero-order valence-electron chi connectivity index (χ0n) is 9.41. The third-order valence-electron chi connectivity index (χ3n) is 2.27. The zero-order chi connectivity index (χ0) is 13.9. The number of aliphatic hydroxyl groups is 1. The van der Waals surface area contributed by atoms with E-state index in [1.165, 1.54) is 0 Å². The van der Waals surface area contributed by atoms with Crippen molar-refractivity contribution in [2.75, 3.05) is 17.7 Å². The van der Waals surface area contributed by atoms with Crippen molar-refractivity contribution in [2.45, 2.75) is 13.0 Å². The third-order valence-corrected chi connectivity index (χ3v) is 4.00. The first-order valence-corrected chi connectivity index (χ1v) is 7.11. The van der Waals surface area contributed by atoms with Gasteiger partial charge in [0.05, 0.1) is 27.1 Å². The summed E-state index contributed by atoms with van der Waals surface area (Å²) in [5.74, 6) is 0.0995. The van der Waals surface area contributed by atoms with Crippen molar-refractivity contribution in [1.82, 2.24) is 0 Å². The molecule has 0 bridgehead atoms. The molecule has 0 aliphatic carbocycles. The van der Waals surface area contributed by atoms with Gasteiger partial charge in [-0.3, -0.25) is 10.1 Å². The van der Waals surface area contributed by atoms with Gasteiger partial charge in [-0.15, -0.1) is 11.6 Å². The maximum absolute atomic E-state index is 10.9. The van der Waals surface area contributed by atoms with Crippen LogP contribution in [0.15, 0.2) is 15.0 Å². The molecule has 1 unspecified atom stereocenters. The highest BCUT2D eigenvalue weighted by Crippen LogP contribution is 2.40. The Hall–Kier alpha value is -0.370. The lowest BCUT2D eigenvalue weighted by Gasteiger charge is -2.14. The number of aryl methyl sites for hydroxylation is 1. The molecule has 2 N–H and O–H groups in total. The highest BCUT2D eigenvalue weighted by atomic mass is 79.9. The van der Waals surface area contributed by atoms with Crippen LogP contribution >= 0.6 is 43.5 Å². The van der Waals surface area contributed by atoms with Crippen molar-refractivity contribution >= 4 is 54.8 Å². The van der Waals surface area contributed by atoms with E-state index >= 15 is 0 Å². The monoisotopic (exact) mass is 400 g/mol. The van der Waals surface area contributed by atoms with Gasteiger partial charge in [-0.1, -0.05) is 0 Å². The number of nitrogens with one attached hydrogen (secondary N) is 1. The van der Waals surface area contributed by atoms with Gasteiger partial charge in [0.2, 0.25) is 0 Å². The third kappa shape index (κ3) is 3.57. The number of alkyl halides is 1. The van der Waals surface area contributed by atoms with E-state index in [2.05, 4.69) is 37.2 Å². The van der Waals surface area contributed by atoms with Gasteiger partial charge in [-0.05, 0) is 50.4 Å². The molecule has 100 valence electrons. The predicted octanol–water partition coefficient (Wildman–Crippen LogP) is 3.44. The summed E-state index contributed by atoms with van der Waals surface area (Å²) in [7, 11) is 0. The Bertz CT molecular complexity index is 471. The molecule has 1 aromatic carbocycles. The van der Waals surface area contributed by atoms with Crippen LogP contribution in [0.4, 0.5) is 11.4 Å². The van der Waals surface area contributed by atoms with E-state index in [9.17, 15) is 15.2 Å². The first-order valence-electron chi connectivity index (χ1n) is 4.99. The van der Waals surface area contributed by atoms with Crippen LogP contribution in [0.3, 0.4) is 0 Å². The average molecular weight is 402 g/mol. The van der Waals surface area contributed by atoms with Crippen molar-refractivity contribution in [3.05, 3.63) is 30.7 Å². The number of hydrogen-bond donors (Lipinski definition) is 2. The molecule has 18 heavy (non-hydrogen) atoms. The van der Waals surface area contributed by atoms with Gasteiger partial charge in [0.25, 0.3) is 5.69 Å². The first-order chi connectivity index (χ1) is 8.38. The highest BCUT2D eigenvalue weighted by Gasteiger charge is 2.22. The van der Waals surface area contributed by atoms with Crippen LogP contribution in [0.5, 0.6) is 0 Å². The molecule has 0 aromatic heterocycles. The smallest absolute Gasteiger partial charge is 0.299 e. The quantitative estimate of drug-likeness (QED) is 0.449. The topological polar surface area (TPSA) is 75.4 Å². The lowest BCUT2D eigenvalue weighted by molar-refractivity contribution is -0.386. The van der Waals surface area contributed by atoms with E-state index in [0.717, 1.165) is 5.56 Å². The van der Waals surface area contributed by atoms with Gasteiger partial charge in [-0.25, -0.2) is 0 Å². The van der Waals surface area contributed by atoms with Gasteiger partial charge in [0, 0.05) is 6.54 Å². The minimum Gasteiger partial charge on any atom is -0.390 e. The summed E-state index contributed by atoms with van der Waals surface area (Å²) in [5.41, 5.74) is 1.35. The van der Waals surface area contributed by atoms with Crippen molar-refractivity contribution in [3.8, 4) is 0 Å². The lowest BCUT2D eigenvalue weighted by Crippen LogP contribution is -2.21. The molecule has 0 saturated carbocycles. The summed E-state index contributed by atoms with van der Waals surface area (Å²) in [6.45, 7) is 2.04. The molecule has 0 saturated heterocycles. The van der Waals surface area contributed by atoms with Gasteiger partial charge >= 0.3 is 0 Å². The van der Waals surface area contributed by atoms with E-state index in [0.29, 0.717) is 14.6 Å². The Labute approximate surface area is 126 Å². The Morgan fingerprint density at radius 2 is 2.22 bits per heavy atom. The summed E-state index contributed by atoms with van der Waals surface area (Å²) < 4.78 is 0.751. The molecule has 1 rings (SSSR count). The van der Waals surface area contributed by atoms with Gasteiger partial charge in [0.1, 0.15) is 4.47 Å². The number of nitro benzene ring substituents is 1. The molecule has 0 spiro atoms. The van der Waals surface area contributed by atoms with Crippen molar-refractivity contribution in [1.29, 1.82) is 0 Å². The molecule has 0 fully saturated rings. The molecule has 1 aromatic rings. The fourth-order valence-corrected chi connectivity index (χ4v) is 3.26. The number of aliphatic hydroxyl groups excluding tert-OH is 1. The van der Waals surface area contributed by atoms with Crippen molar-refractivity contribution < 1.29 is 10.0 Å². The molecule has 5 nitrogen and oxygen atoms in total. The van der Waals surface area contributed by atoms with Crippen LogP contribution in [-0.4, -0.2) is 28.6 Å². The van der Waals surface area contributed by atoms with Crippen molar-refractivity contribution in [3.63, 3.8) is 0 Å². The fraction of sp³-hybridized carbons (Fsp3) is 0.400. The van der Waals surface area contributed by atoms with Gasteiger partial charge in [-0.2, -0.15) is 0 Å². The van der Waals surface area contributed by atoms with Crippen LogP contribution in [0.25, 0.3) is 0 Å². The number of nitro groups is 1. The predicted molar refractivity (Wildman–Crippen MR) is 78.4 cm³/mol. The highest BCUT2D eigenvalue weighted by molar-refractivity contribution is 9.11. The second kappa shape index (κ2) is 6.70. The number of rotatable bonds is 5. The number of benzene rings is 1. The zero-order valence-corrected chi connectivity index (χ0v) is 13.3. The van der Waals surface area contributed by atoms with E-state index in [-0.39, 0.29) is 18.1 Å². The SMILES string of the molecule is Cc1cc(Br)c([N+](=O)[O-])c(Br)c1NCC(O)CCl. The summed E-state index contributed by atoms with van der Waals surface area (Å²) in [6, 6.07) is 1.65. The van der Waals surface area contributed by atoms with Crippen LogP contribution in [0, 0.1) is 17.0 Å². The van der Waals surface area contributed by atoms with E-state index in [1.54, 1.807) is 6.07 Å². The molecular formula is C10H11Br2ClN2O3. The average Bonchev–Trinajstić information content (AvgIpc) is 2.27. The molecule has 0 aliphatic heterocycles. The van der Waals surface area contributed by atoms with Crippen LogP contribution in [-0.2, 0) is 0 Å². The molecule has 1 atom stereocenters. The summed E-state index contributed by atoms with van der Waals surface area (Å²) in [6.07, 6.45) is -0.708. The van der Waals surface area contributed by atoms with Gasteiger partial charge in [0.15, 0.2) is 0 Å². The summed E-state index contributed by atoms with van der Waals surface area (Å²) in [4.78, 5) is 10.5. The number of halogens is 3. The number of nitrogens with zero attached hydrogens (tertiary/aromatic N) is 1. The minimum atomic E-state index is -0.708. The standard InChI is InChI=1S/C10H11Br2ClN2O3/c1-5-2-7(11)10(15(17)18)8(12)9(5)14-4-6(16)3-13/h2,6,14,16H,3-4H2,1H3. The normalized spacial score (nSPS) is 12.3. The molecule has 0 amide bonds. The largest absolute Gasteiger partial charge is 0.390 e. The molecule has 0 heterocycles. The summed E-state index contributed by atoms with van der Waals surface area (Å²) in [5, 5.41) is 23.3. The second-order valence-corrected chi connectivity index (χ2v) is 5.61. The molecule has 0 aliphatic rings. The maximum Gasteiger partial charge on any atom is 0.299 e. The molecule has 0 radical (unpaired) electrons. The molecule has 8 heteroatoms. The van der Waals surface area contributed by atoms with Crippen LogP contribution < -0.4 is 5.32 Å². The van der Waals surface area contributed by atoms with E-state index in [4.69, 9.17) is 11.6 Å². The van der Waals surface area contributed by atoms with Crippen LogP contribution in [0.2, 0.25) is 0 Å². The number of anilines is 1. The molecular weight excluding hydrogens is 391 g/mol. The maximum atomic E-state index is 10.9. The second-order valence-electron chi connectivity index (χ2n) is 3.66.